The largest absolute Gasteiger partial charge is 0.371 e. The van der Waals surface area contributed by atoms with Gasteiger partial charge >= 0.3 is 0 Å². The first-order valence-electron chi connectivity index (χ1n) is 12.8. The Morgan fingerprint density at radius 3 is 2.57 bits per heavy atom. The molecule has 192 valence electrons. The van der Waals surface area contributed by atoms with Crippen LogP contribution in [0, 0.1) is 5.82 Å². The van der Waals surface area contributed by atoms with Gasteiger partial charge in [0.25, 0.3) is 11.8 Å². The number of halogens is 2. The van der Waals surface area contributed by atoms with Crippen molar-refractivity contribution in [3.8, 4) is 0 Å². The fraction of sp³-hybridized carbons (Fsp3) is 0.345. The lowest BCUT2D eigenvalue weighted by Crippen LogP contribution is -2.44. The number of fused-ring (bicyclic) bond motifs is 1. The molecule has 0 spiro atoms. The number of aryl methyl sites for hydroxylation is 1. The van der Waals surface area contributed by atoms with E-state index >= 15 is 0 Å². The summed E-state index contributed by atoms with van der Waals surface area (Å²) in [6.07, 6.45) is 8.24. The Bertz CT molecular complexity index is 1280. The third-order valence-corrected chi connectivity index (χ3v) is 7.72. The minimum Gasteiger partial charge on any atom is -0.371 e. The highest BCUT2D eigenvalue weighted by atomic mass is 35.5. The van der Waals surface area contributed by atoms with Crippen LogP contribution in [-0.2, 0) is 6.42 Å². The van der Waals surface area contributed by atoms with E-state index < -0.39 is 11.7 Å². The standard InChI is InChI=1S/C29H30ClFN4O2/c30-27-7-6-22(31)17-26(27)29(37)33-18-21-3-1-2-19-4-5-20(16-25(19)21)28(36)34-23-10-14-35(15-11-23)24-8-12-32-13-9-24/h4-9,12-13,16-17,21,23H,1-3,10-11,14-15,18H2,(H,33,37)(H,34,36). The van der Waals surface area contributed by atoms with Crippen LogP contribution in [0.5, 0.6) is 0 Å². The number of rotatable bonds is 6. The molecule has 3 aromatic rings. The van der Waals surface area contributed by atoms with E-state index in [-0.39, 0.29) is 28.5 Å². The highest BCUT2D eigenvalue weighted by Gasteiger charge is 2.25. The van der Waals surface area contributed by atoms with Gasteiger partial charge in [-0.1, -0.05) is 17.7 Å². The van der Waals surface area contributed by atoms with Crippen LogP contribution < -0.4 is 15.5 Å². The van der Waals surface area contributed by atoms with Crippen molar-refractivity contribution in [2.75, 3.05) is 24.5 Å². The molecule has 5 rings (SSSR count). The van der Waals surface area contributed by atoms with Crippen molar-refractivity contribution in [1.29, 1.82) is 0 Å². The smallest absolute Gasteiger partial charge is 0.252 e. The third kappa shape index (κ3) is 5.93. The van der Waals surface area contributed by atoms with Crippen molar-refractivity contribution in [3.63, 3.8) is 0 Å². The molecule has 0 bridgehead atoms. The third-order valence-electron chi connectivity index (χ3n) is 7.39. The number of benzene rings is 2. The SMILES string of the molecule is O=C(NC1CCN(c2ccncc2)CC1)c1ccc2c(c1)C(CNC(=O)c1cc(F)ccc1Cl)CCC2. The molecule has 0 radical (unpaired) electrons. The summed E-state index contributed by atoms with van der Waals surface area (Å²) in [5, 5.41) is 6.34. The number of carbonyl (C=O) groups is 2. The highest BCUT2D eigenvalue weighted by molar-refractivity contribution is 6.33. The molecule has 2 aliphatic rings. The zero-order chi connectivity index (χ0) is 25.8. The number of nitrogens with one attached hydrogen (secondary N) is 2. The number of carbonyl (C=O) groups excluding carboxylic acids is 2. The summed E-state index contributed by atoms with van der Waals surface area (Å²) < 4.78 is 13.6. The lowest BCUT2D eigenvalue weighted by molar-refractivity contribution is 0.0926. The molecule has 2 N–H and O–H groups in total. The first-order chi connectivity index (χ1) is 18.0. The molecule has 2 aromatic carbocycles. The number of piperidine rings is 1. The molecule has 1 aliphatic carbocycles. The van der Waals surface area contributed by atoms with E-state index in [1.807, 2.05) is 30.3 Å². The Kier molecular flexibility index (Phi) is 7.70. The minimum atomic E-state index is -0.503. The van der Waals surface area contributed by atoms with Gasteiger partial charge in [0.05, 0.1) is 10.6 Å². The van der Waals surface area contributed by atoms with Crippen molar-refractivity contribution in [1.82, 2.24) is 15.6 Å². The highest BCUT2D eigenvalue weighted by Crippen LogP contribution is 2.32. The maximum Gasteiger partial charge on any atom is 0.252 e. The number of anilines is 1. The van der Waals surface area contributed by atoms with Gasteiger partial charge in [-0.2, -0.15) is 0 Å². The van der Waals surface area contributed by atoms with Crippen LogP contribution in [0.1, 0.15) is 63.4 Å². The Morgan fingerprint density at radius 1 is 1.00 bits per heavy atom. The summed E-state index contributed by atoms with van der Waals surface area (Å²) >= 11 is 6.09. The van der Waals surface area contributed by atoms with Gasteiger partial charge in [-0.25, -0.2) is 4.39 Å². The van der Waals surface area contributed by atoms with Crippen LogP contribution in [0.2, 0.25) is 5.02 Å². The summed E-state index contributed by atoms with van der Waals surface area (Å²) in [7, 11) is 0. The van der Waals surface area contributed by atoms with E-state index in [1.165, 1.54) is 17.7 Å². The van der Waals surface area contributed by atoms with Crippen LogP contribution in [0.25, 0.3) is 0 Å². The lowest BCUT2D eigenvalue weighted by atomic mass is 9.81. The van der Waals surface area contributed by atoms with Crippen molar-refractivity contribution in [2.45, 2.75) is 44.1 Å². The molecular formula is C29H30ClFN4O2. The molecule has 1 saturated heterocycles. The van der Waals surface area contributed by atoms with E-state index in [2.05, 4.69) is 20.5 Å². The van der Waals surface area contributed by atoms with Crippen LogP contribution >= 0.6 is 11.6 Å². The Balaban J connectivity index is 1.21. The first kappa shape index (κ1) is 25.2. The van der Waals surface area contributed by atoms with Crippen LogP contribution in [0.3, 0.4) is 0 Å². The predicted octanol–water partition coefficient (Wildman–Crippen LogP) is 5.12. The van der Waals surface area contributed by atoms with Gasteiger partial charge in [0.2, 0.25) is 0 Å². The fourth-order valence-corrected chi connectivity index (χ4v) is 5.54. The summed E-state index contributed by atoms with van der Waals surface area (Å²) in [6.45, 7) is 2.17. The Morgan fingerprint density at radius 2 is 1.78 bits per heavy atom. The van der Waals surface area contributed by atoms with Gasteiger partial charge in [0.15, 0.2) is 0 Å². The maximum atomic E-state index is 13.6. The van der Waals surface area contributed by atoms with E-state index in [4.69, 9.17) is 11.6 Å². The molecule has 0 saturated carbocycles. The second-order valence-corrected chi connectivity index (χ2v) is 10.2. The van der Waals surface area contributed by atoms with Gasteiger partial charge in [-0.15, -0.1) is 0 Å². The van der Waals surface area contributed by atoms with Gasteiger partial charge in [-0.05, 0) is 85.7 Å². The average molecular weight is 521 g/mol. The van der Waals surface area contributed by atoms with Crippen LogP contribution in [0.15, 0.2) is 60.9 Å². The van der Waals surface area contributed by atoms with Gasteiger partial charge < -0.3 is 15.5 Å². The average Bonchev–Trinajstić information content (AvgIpc) is 2.93. The van der Waals surface area contributed by atoms with Crippen LogP contribution in [-0.4, -0.2) is 42.5 Å². The van der Waals surface area contributed by atoms with Gasteiger partial charge in [0, 0.05) is 55.2 Å². The molecule has 1 fully saturated rings. The predicted molar refractivity (Wildman–Crippen MR) is 143 cm³/mol. The van der Waals surface area contributed by atoms with Crippen molar-refractivity contribution in [2.24, 2.45) is 0 Å². The van der Waals surface area contributed by atoms with Gasteiger partial charge in [0.1, 0.15) is 5.82 Å². The molecule has 6 nitrogen and oxygen atoms in total. The number of hydrogen-bond donors (Lipinski definition) is 2. The van der Waals surface area contributed by atoms with E-state index in [9.17, 15) is 14.0 Å². The van der Waals surface area contributed by atoms with Crippen LogP contribution in [0.4, 0.5) is 10.1 Å². The first-order valence-corrected chi connectivity index (χ1v) is 13.2. The van der Waals surface area contributed by atoms with E-state index in [0.717, 1.165) is 62.5 Å². The second-order valence-electron chi connectivity index (χ2n) is 9.78. The minimum absolute atomic E-state index is 0.0648. The summed E-state index contributed by atoms with van der Waals surface area (Å²) in [6, 6.07) is 13.8. The molecule has 8 heteroatoms. The number of pyridine rings is 1. The Labute approximate surface area is 221 Å². The zero-order valence-corrected chi connectivity index (χ0v) is 21.3. The normalized spacial score (nSPS) is 17.7. The van der Waals surface area contributed by atoms with Crippen molar-refractivity contribution in [3.05, 3.63) is 94.0 Å². The zero-order valence-electron chi connectivity index (χ0n) is 20.6. The number of amides is 2. The van der Waals surface area contributed by atoms with Crippen molar-refractivity contribution >= 4 is 29.1 Å². The fourth-order valence-electron chi connectivity index (χ4n) is 5.34. The molecule has 1 unspecified atom stereocenters. The topological polar surface area (TPSA) is 74.3 Å². The van der Waals surface area contributed by atoms with E-state index in [1.54, 1.807) is 12.4 Å². The summed E-state index contributed by atoms with van der Waals surface area (Å²) in [4.78, 5) is 32.2. The van der Waals surface area contributed by atoms with E-state index in [0.29, 0.717) is 12.1 Å². The summed E-state index contributed by atoms with van der Waals surface area (Å²) in [5.41, 5.74) is 4.23. The molecule has 37 heavy (non-hydrogen) atoms. The molecule has 1 atom stereocenters. The lowest BCUT2D eigenvalue weighted by Gasteiger charge is -2.34. The monoisotopic (exact) mass is 520 g/mol. The quantitative estimate of drug-likeness (QED) is 0.473. The second kappa shape index (κ2) is 11.3. The number of hydrogen-bond acceptors (Lipinski definition) is 4. The number of nitrogens with zero attached hydrogens (tertiary/aromatic N) is 2. The summed E-state index contributed by atoms with van der Waals surface area (Å²) in [5.74, 6) is -0.888. The molecule has 2 heterocycles. The number of aromatic nitrogens is 1. The Hall–Kier alpha value is -3.45. The molecule has 1 aromatic heterocycles. The van der Waals surface area contributed by atoms with Gasteiger partial charge in [-0.3, -0.25) is 14.6 Å². The molecule has 2 amide bonds. The van der Waals surface area contributed by atoms with Crippen molar-refractivity contribution < 1.29 is 14.0 Å². The molecule has 1 aliphatic heterocycles. The molecular weight excluding hydrogens is 491 g/mol. The maximum absolute atomic E-state index is 13.6.